The highest BCUT2D eigenvalue weighted by molar-refractivity contribution is 9.10. The number of rotatable bonds is 7. The molecule has 0 aliphatic rings. The molecule has 0 aliphatic heterocycles. The maximum Gasteiger partial charge on any atom is 0.223 e. The lowest BCUT2D eigenvalue weighted by molar-refractivity contribution is -0.121. The first-order chi connectivity index (χ1) is 8.63. The molecule has 108 valence electrons. The average Bonchev–Trinajstić information content (AvgIpc) is 2.32. The Hall–Kier alpha value is -0.490. The molecule has 7 heteroatoms. The van der Waals surface area contributed by atoms with E-state index in [9.17, 15) is 4.79 Å². The lowest BCUT2D eigenvalue weighted by Crippen LogP contribution is -2.27. The van der Waals surface area contributed by atoms with Crippen LogP contribution in [0.4, 0.5) is 0 Å². The van der Waals surface area contributed by atoms with E-state index in [1.165, 1.54) is 0 Å². The van der Waals surface area contributed by atoms with Crippen molar-refractivity contribution in [2.75, 3.05) is 19.7 Å². The number of ether oxygens (including phenoxy) is 1. The van der Waals surface area contributed by atoms with Crippen LogP contribution in [-0.4, -0.2) is 25.6 Å². The van der Waals surface area contributed by atoms with E-state index in [-0.39, 0.29) is 18.3 Å². The van der Waals surface area contributed by atoms with Gasteiger partial charge in [0.05, 0.1) is 17.5 Å². The number of benzene rings is 1. The zero-order valence-corrected chi connectivity index (χ0v) is 13.5. The molecule has 0 fully saturated rings. The Morgan fingerprint density at radius 2 is 2.21 bits per heavy atom. The summed E-state index contributed by atoms with van der Waals surface area (Å²) >= 11 is 9.15. The first-order valence-electron chi connectivity index (χ1n) is 5.68. The highest BCUT2D eigenvalue weighted by atomic mass is 79.9. The van der Waals surface area contributed by atoms with Gasteiger partial charge in [0, 0.05) is 11.6 Å². The third kappa shape index (κ3) is 7.62. The van der Waals surface area contributed by atoms with E-state index in [2.05, 4.69) is 21.2 Å². The van der Waals surface area contributed by atoms with E-state index in [4.69, 9.17) is 22.1 Å². The van der Waals surface area contributed by atoms with Crippen molar-refractivity contribution < 1.29 is 9.53 Å². The van der Waals surface area contributed by atoms with Crippen LogP contribution in [0.3, 0.4) is 0 Å². The van der Waals surface area contributed by atoms with Gasteiger partial charge in [0.15, 0.2) is 0 Å². The molecule has 1 rings (SSSR count). The fraction of sp³-hybridized carbons (Fsp3) is 0.417. The van der Waals surface area contributed by atoms with Gasteiger partial charge in [-0.3, -0.25) is 4.79 Å². The predicted molar refractivity (Wildman–Crippen MR) is 83.2 cm³/mol. The summed E-state index contributed by atoms with van der Waals surface area (Å²) in [5.74, 6) is 0.641. The van der Waals surface area contributed by atoms with Crippen LogP contribution in [-0.2, 0) is 4.79 Å². The molecule has 0 aromatic heterocycles. The van der Waals surface area contributed by atoms with Crippen LogP contribution in [0.15, 0.2) is 22.7 Å². The van der Waals surface area contributed by atoms with Gasteiger partial charge in [-0.2, -0.15) is 0 Å². The van der Waals surface area contributed by atoms with Gasteiger partial charge in [-0.05, 0) is 47.1 Å². The Morgan fingerprint density at radius 3 is 2.84 bits per heavy atom. The number of carbonyl (C=O) groups excluding carboxylic acids is 1. The number of nitrogens with one attached hydrogen (secondary N) is 1. The summed E-state index contributed by atoms with van der Waals surface area (Å²) in [7, 11) is 0. The lowest BCUT2D eigenvalue weighted by Gasteiger charge is -2.08. The van der Waals surface area contributed by atoms with E-state index in [1.807, 2.05) is 0 Å². The normalized spacial score (nSPS) is 9.63. The minimum absolute atomic E-state index is 0. The third-order valence-corrected chi connectivity index (χ3v) is 3.04. The van der Waals surface area contributed by atoms with Gasteiger partial charge in [0.2, 0.25) is 5.91 Å². The van der Waals surface area contributed by atoms with Gasteiger partial charge < -0.3 is 15.8 Å². The van der Waals surface area contributed by atoms with Crippen LogP contribution in [0.2, 0.25) is 5.02 Å². The molecule has 0 spiro atoms. The summed E-state index contributed by atoms with van der Waals surface area (Å²) in [5, 5.41) is 3.39. The predicted octanol–water partition coefficient (Wildman–Crippen LogP) is 2.76. The first-order valence-corrected chi connectivity index (χ1v) is 6.85. The summed E-state index contributed by atoms with van der Waals surface area (Å²) in [6.45, 7) is 1.52. The summed E-state index contributed by atoms with van der Waals surface area (Å²) < 4.78 is 6.25. The van der Waals surface area contributed by atoms with Crippen molar-refractivity contribution in [2.24, 2.45) is 5.73 Å². The van der Waals surface area contributed by atoms with Crippen LogP contribution in [0.5, 0.6) is 5.75 Å². The maximum atomic E-state index is 11.4. The lowest BCUT2D eigenvalue weighted by atomic mass is 10.3. The van der Waals surface area contributed by atoms with E-state index in [0.29, 0.717) is 36.9 Å². The minimum atomic E-state index is -0.0338. The van der Waals surface area contributed by atoms with Crippen LogP contribution in [0, 0.1) is 0 Å². The van der Waals surface area contributed by atoms with E-state index >= 15 is 0 Å². The highest BCUT2D eigenvalue weighted by Crippen LogP contribution is 2.27. The molecule has 0 saturated heterocycles. The van der Waals surface area contributed by atoms with Gasteiger partial charge >= 0.3 is 0 Å². The third-order valence-electron chi connectivity index (χ3n) is 2.18. The van der Waals surface area contributed by atoms with Crippen molar-refractivity contribution in [3.63, 3.8) is 0 Å². The standard InChI is InChI=1S/C12H16BrClN2O2.ClH/c13-10-8-9(14)2-3-11(10)18-7-4-12(17)16-6-1-5-15;/h2-3,8H,1,4-7,15H2,(H,16,17);1H. The van der Waals surface area contributed by atoms with Crippen molar-refractivity contribution >= 4 is 45.8 Å². The molecule has 0 radical (unpaired) electrons. The molecule has 0 aliphatic carbocycles. The fourth-order valence-electron chi connectivity index (χ4n) is 1.26. The second-order valence-electron chi connectivity index (χ2n) is 3.67. The second-order valence-corrected chi connectivity index (χ2v) is 4.96. The monoisotopic (exact) mass is 370 g/mol. The Balaban J connectivity index is 0.00000324. The Kier molecular flexibility index (Phi) is 10.0. The van der Waals surface area contributed by atoms with Crippen molar-refractivity contribution in [2.45, 2.75) is 12.8 Å². The van der Waals surface area contributed by atoms with Gasteiger partial charge in [0.25, 0.3) is 0 Å². The fourth-order valence-corrected chi connectivity index (χ4v) is 2.06. The van der Waals surface area contributed by atoms with E-state index in [0.717, 1.165) is 10.9 Å². The van der Waals surface area contributed by atoms with Gasteiger partial charge in [-0.15, -0.1) is 12.4 Å². The Bertz CT molecular complexity index is 405. The molecule has 4 nitrogen and oxygen atoms in total. The second kappa shape index (κ2) is 10.3. The first kappa shape index (κ1) is 18.5. The topological polar surface area (TPSA) is 64.3 Å². The zero-order valence-electron chi connectivity index (χ0n) is 10.3. The van der Waals surface area contributed by atoms with Gasteiger partial charge in [0.1, 0.15) is 5.75 Å². The van der Waals surface area contributed by atoms with E-state index in [1.54, 1.807) is 18.2 Å². The molecule has 1 aromatic rings. The molecular weight excluding hydrogens is 355 g/mol. The molecule has 1 aromatic carbocycles. The van der Waals surface area contributed by atoms with Crippen LogP contribution < -0.4 is 15.8 Å². The quantitative estimate of drug-likeness (QED) is 0.724. The number of amides is 1. The van der Waals surface area contributed by atoms with Crippen molar-refractivity contribution in [3.05, 3.63) is 27.7 Å². The Labute approximate surface area is 132 Å². The summed E-state index contributed by atoms with van der Waals surface area (Å²) in [6.07, 6.45) is 1.11. The number of nitrogens with two attached hydrogens (primary N) is 1. The molecule has 3 N–H and O–H groups in total. The minimum Gasteiger partial charge on any atom is -0.492 e. The molecule has 0 saturated carbocycles. The number of hydrogen-bond acceptors (Lipinski definition) is 3. The zero-order chi connectivity index (χ0) is 13.4. The van der Waals surface area contributed by atoms with Crippen molar-refractivity contribution in [1.29, 1.82) is 0 Å². The largest absolute Gasteiger partial charge is 0.492 e. The smallest absolute Gasteiger partial charge is 0.223 e. The summed E-state index contributed by atoms with van der Waals surface area (Å²) in [5.41, 5.74) is 5.33. The molecule has 0 bridgehead atoms. The molecule has 19 heavy (non-hydrogen) atoms. The Morgan fingerprint density at radius 1 is 1.47 bits per heavy atom. The molecular formula is C12H17BrCl2N2O2. The molecule has 0 atom stereocenters. The molecule has 0 heterocycles. The average molecular weight is 372 g/mol. The summed E-state index contributed by atoms with van der Waals surface area (Å²) in [6, 6.07) is 5.25. The van der Waals surface area contributed by atoms with Crippen molar-refractivity contribution in [3.8, 4) is 5.75 Å². The van der Waals surface area contributed by atoms with Crippen LogP contribution in [0.25, 0.3) is 0 Å². The van der Waals surface area contributed by atoms with Gasteiger partial charge in [-0.25, -0.2) is 0 Å². The molecule has 0 unspecified atom stereocenters. The molecule has 1 amide bonds. The summed E-state index contributed by atoms with van der Waals surface area (Å²) in [4.78, 5) is 11.4. The number of hydrogen-bond donors (Lipinski definition) is 2. The van der Waals surface area contributed by atoms with E-state index < -0.39 is 0 Å². The van der Waals surface area contributed by atoms with Crippen molar-refractivity contribution in [1.82, 2.24) is 5.32 Å². The number of halogens is 3. The van der Waals surface area contributed by atoms with Gasteiger partial charge in [-0.1, -0.05) is 11.6 Å². The highest BCUT2D eigenvalue weighted by Gasteiger charge is 2.04. The number of carbonyl (C=O) groups is 1. The van der Waals surface area contributed by atoms with Crippen LogP contribution in [0.1, 0.15) is 12.8 Å². The SMILES string of the molecule is Cl.NCCCNC(=O)CCOc1ccc(Cl)cc1Br. The maximum absolute atomic E-state index is 11.4. The van der Waals surface area contributed by atoms with Crippen LogP contribution >= 0.6 is 39.9 Å².